The molecule has 31 heavy (non-hydrogen) atoms. The molecule has 1 aromatic rings. The van der Waals surface area contributed by atoms with E-state index < -0.39 is 15.4 Å². The lowest BCUT2D eigenvalue weighted by molar-refractivity contribution is -0.145. The van der Waals surface area contributed by atoms with Crippen LogP contribution >= 0.6 is 0 Å². The van der Waals surface area contributed by atoms with Crippen LogP contribution in [0.2, 0.25) is 0 Å². The molecule has 0 aliphatic carbocycles. The van der Waals surface area contributed by atoms with Gasteiger partial charge >= 0.3 is 0 Å². The highest BCUT2D eigenvalue weighted by atomic mass is 32.2. The van der Waals surface area contributed by atoms with Crippen LogP contribution in [0, 0.1) is 11.3 Å². The van der Waals surface area contributed by atoms with Crippen molar-refractivity contribution >= 4 is 27.9 Å². The highest BCUT2D eigenvalue weighted by Crippen LogP contribution is 2.25. The topological polar surface area (TPSA) is 78.0 Å². The third kappa shape index (κ3) is 5.95. The van der Waals surface area contributed by atoms with Crippen LogP contribution in [-0.4, -0.2) is 73.6 Å². The van der Waals surface area contributed by atoms with Crippen molar-refractivity contribution < 1.29 is 18.0 Å². The van der Waals surface area contributed by atoms with E-state index in [-0.39, 0.29) is 30.8 Å². The number of benzene rings is 1. The predicted molar refractivity (Wildman–Crippen MR) is 121 cm³/mol. The van der Waals surface area contributed by atoms with E-state index in [1.165, 1.54) is 9.71 Å². The van der Waals surface area contributed by atoms with Crippen LogP contribution in [0.15, 0.2) is 35.7 Å². The Morgan fingerprint density at radius 3 is 2.23 bits per heavy atom. The minimum Gasteiger partial charge on any atom is -0.341 e. The summed E-state index contributed by atoms with van der Waals surface area (Å²) in [6.07, 6.45) is 3.18. The van der Waals surface area contributed by atoms with E-state index in [1.54, 1.807) is 15.9 Å². The molecule has 8 heteroatoms. The summed E-state index contributed by atoms with van der Waals surface area (Å²) in [5, 5.41) is 1.23. The molecule has 3 rings (SSSR count). The summed E-state index contributed by atoms with van der Waals surface area (Å²) in [6, 6.07) is 9.30. The maximum Gasteiger partial charge on any atom is 0.236 e. The first-order valence-corrected chi connectivity index (χ1v) is 12.4. The number of hydrogen-bond donors (Lipinski definition) is 0. The smallest absolute Gasteiger partial charge is 0.236 e. The highest BCUT2D eigenvalue weighted by Gasteiger charge is 2.36. The van der Waals surface area contributed by atoms with Gasteiger partial charge in [0.25, 0.3) is 0 Å². The van der Waals surface area contributed by atoms with Crippen LogP contribution in [0.5, 0.6) is 0 Å². The van der Waals surface area contributed by atoms with Gasteiger partial charge in [-0.1, -0.05) is 51.1 Å². The van der Waals surface area contributed by atoms with Gasteiger partial charge in [-0.3, -0.25) is 9.59 Å². The van der Waals surface area contributed by atoms with Crippen LogP contribution < -0.4 is 0 Å². The van der Waals surface area contributed by atoms with E-state index in [0.29, 0.717) is 26.2 Å². The molecule has 2 heterocycles. The van der Waals surface area contributed by atoms with Gasteiger partial charge in [0, 0.05) is 50.1 Å². The molecule has 0 bridgehead atoms. The van der Waals surface area contributed by atoms with Crippen LogP contribution in [0.3, 0.4) is 0 Å². The average Bonchev–Trinajstić information content (AvgIpc) is 2.77. The summed E-state index contributed by atoms with van der Waals surface area (Å²) in [4.78, 5) is 29.2. The second-order valence-electron chi connectivity index (χ2n) is 9.32. The third-order valence-electron chi connectivity index (χ3n) is 5.84. The molecule has 170 valence electrons. The number of sulfonamides is 1. The Kier molecular flexibility index (Phi) is 7.21. The Bertz CT molecular complexity index is 914. The summed E-state index contributed by atoms with van der Waals surface area (Å²) in [5.74, 6) is -0.101. The maximum atomic E-state index is 13.0. The average molecular weight is 448 g/mol. The molecule has 7 nitrogen and oxygen atoms in total. The van der Waals surface area contributed by atoms with Crippen molar-refractivity contribution in [1.82, 2.24) is 14.1 Å². The summed E-state index contributed by atoms with van der Waals surface area (Å²) in [7, 11) is -3.53. The van der Waals surface area contributed by atoms with E-state index in [9.17, 15) is 18.0 Å². The highest BCUT2D eigenvalue weighted by molar-refractivity contribution is 7.92. The Labute approximate surface area is 185 Å². The number of rotatable bonds is 4. The molecule has 0 spiro atoms. The third-order valence-corrected chi connectivity index (χ3v) is 7.41. The molecule has 0 radical (unpaired) electrons. The van der Waals surface area contributed by atoms with Gasteiger partial charge in [-0.05, 0) is 24.5 Å². The second-order valence-corrected chi connectivity index (χ2v) is 11.1. The zero-order chi connectivity index (χ0) is 22.6. The van der Waals surface area contributed by atoms with Gasteiger partial charge in [-0.15, -0.1) is 0 Å². The molecule has 2 aliphatic heterocycles. The number of piperidine rings is 1. The molecular formula is C23H33N3O4S. The lowest BCUT2D eigenvalue weighted by atomic mass is 9.90. The van der Waals surface area contributed by atoms with Gasteiger partial charge in [-0.25, -0.2) is 8.42 Å². The van der Waals surface area contributed by atoms with Crippen LogP contribution in [0.25, 0.3) is 6.08 Å². The monoisotopic (exact) mass is 447 g/mol. The first kappa shape index (κ1) is 23.5. The molecule has 0 saturated carbocycles. The van der Waals surface area contributed by atoms with E-state index in [1.807, 2.05) is 51.1 Å². The summed E-state index contributed by atoms with van der Waals surface area (Å²) >= 11 is 0. The molecule has 1 aromatic carbocycles. The standard InChI is InChI=1S/C23H33N3O4S/c1-23(2,3)22(28)25-12-7-10-20(18-25)21(27)24-13-15-26(16-14-24)31(29,30)17-11-19-8-5-4-6-9-19/h4-6,8-9,11,17,20H,7,10,12-16,18H2,1-3H3/b17-11+. The molecule has 2 amide bonds. The molecule has 2 saturated heterocycles. The first-order chi connectivity index (χ1) is 14.6. The molecule has 1 atom stereocenters. The Morgan fingerprint density at radius 1 is 0.968 bits per heavy atom. The van der Waals surface area contributed by atoms with E-state index in [4.69, 9.17) is 0 Å². The Balaban J connectivity index is 1.56. The van der Waals surface area contributed by atoms with Crippen LogP contribution in [-0.2, 0) is 19.6 Å². The van der Waals surface area contributed by atoms with Gasteiger partial charge < -0.3 is 9.80 Å². The van der Waals surface area contributed by atoms with E-state index in [2.05, 4.69) is 0 Å². The quantitative estimate of drug-likeness (QED) is 0.710. The van der Waals surface area contributed by atoms with Gasteiger partial charge in [0.15, 0.2) is 0 Å². The van der Waals surface area contributed by atoms with Crippen molar-refractivity contribution in [2.75, 3.05) is 39.3 Å². The number of carbonyl (C=O) groups is 2. The zero-order valence-corrected chi connectivity index (χ0v) is 19.5. The molecular weight excluding hydrogens is 414 g/mol. The van der Waals surface area contributed by atoms with Crippen molar-refractivity contribution in [3.8, 4) is 0 Å². The fraction of sp³-hybridized carbons (Fsp3) is 0.565. The summed E-state index contributed by atoms with van der Waals surface area (Å²) < 4.78 is 26.7. The van der Waals surface area contributed by atoms with Crippen molar-refractivity contribution in [2.45, 2.75) is 33.6 Å². The second kappa shape index (κ2) is 9.53. The van der Waals surface area contributed by atoms with Crippen molar-refractivity contribution in [3.63, 3.8) is 0 Å². The number of piperazine rings is 1. The number of nitrogens with zero attached hydrogens (tertiary/aromatic N) is 3. The number of hydrogen-bond acceptors (Lipinski definition) is 4. The van der Waals surface area contributed by atoms with Crippen molar-refractivity contribution in [2.24, 2.45) is 11.3 Å². The SMILES string of the molecule is CC(C)(C)C(=O)N1CCCC(C(=O)N2CCN(S(=O)(=O)/C=C/c3ccccc3)CC2)C1. The van der Waals surface area contributed by atoms with Crippen LogP contribution in [0.4, 0.5) is 0 Å². The molecule has 2 aliphatic rings. The largest absolute Gasteiger partial charge is 0.341 e. The van der Waals surface area contributed by atoms with Gasteiger partial charge in [0.1, 0.15) is 0 Å². The fourth-order valence-electron chi connectivity index (χ4n) is 4.07. The molecule has 0 aromatic heterocycles. The zero-order valence-electron chi connectivity index (χ0n) is 18.7. The molecule has 1 unspecified atom stereocenters. The maximum absolute atomic E-state index is 13.0. The Hall–Kier alpha value is -2.19. The van der Waals surface area contributed by atoms with E-state index >= 15 is 0 Å². The van der Waals surface area contributed by atoms with Gasteiger partial charge in [-0.2, -0.15) is 4.31 Å². The minimum absolute atomic E-state index is 0.0308. The first-order valence-electron chi connectivity index (χ1n) is 10.9. The van der Waals surface area contributed by atoms with Crippen molar-refractivity contribution in [3.05, 3.63) is 41.3 Å². The lowest BCUT2D eigenvalue weighted by Gasteiger charge is -2.39. The Morgan fingerprint density at radius 2 is 1.61 bits per heavy atom. The van der Waals surface area contributed by atoms with Gasteiger partial charge in [0.05, 0.1) is 5.92 Å². The lowest BCUT2D eigenvalue weighted by Crippen LogP contribution is -2.54. The summed E-state index contributed by atoms with van der Waals surface area (Å²) in [6.45, 7) is 8.15. The summed E-state index contributed by atoms with van der Waals surface area (Å²) in [5.41, 5.74) is 0.365. The predicted octanol–water partition coefficient (Wildman–Crippen LogP) is 2.42. The fourth-order valence-corrected chi connectivity index (χ4v) is 5.25. The van der Waals surface area contributed by atoms with Crippen LogP contribution in [0.1, 0.15) is 39.2 Å². The number of amides is 2. The van der Waals surface area contributed by atoms with Gasteiger partial charge in [0.2, 0.25) is 21.8 Å². The normalized spacial score (nSPS) is 21.5. The van der Waals surface area contributed by atoms with E-state index in [0.717, 1.165) is 18.4 Å². The minimum atomic E-state index is -3.53. The number of carbonyl (C=O) groups excluding carboxylic acids is 2. The number of likely N-dealkylation sites (tertiary alicyclic amines) is 1. The molecule has 2 fully saturated rings. The van der Waals surface area contributed by atoms with Crippen molar-refractivity contribution in [1.29, 1.82) is 0 Å². The molecule has 0 N–H and O–H groups in total.